The van der Waals surface area contributed by atoms with Gasteiger partial charge in [0.1, 0.15) is 11.6 Å². The van der Waals surface area contributed by atoms with Gasteiger partial charge >= 0.3 is 0 Å². The summed E-state index contributed by atoms with van der Waals surface area (Å²) in [7, 11) is 3.63. The number of fused-ring (bicyclic) bond motifs is 1. The second kappa shape index (κ2) is 11.6. The van der Waals surface area contributed by atoms with Crippen molar-refractivity contribution < 1.29 is 18.7 Å². The summed E-state index contributed by atoms with van der Waals surface area (Å²) in [4.78, 5) is 35.9. The molecule has 1 atom stereocenters. The Balaban J connectivity index is 1.51. The SMILES string of the molecule is CCC(=O)CCCCC[C@H](CC(=O)C1CN(C)C1)c1ncc(-c2cc3ccccc3nc2OC)o1. The fourth-order valence-corrected chi connectivity index (χ4v) is 4.72. The maximum absolute atomic E-state index is 12.9. The van der Waals surface area contributed by atoms with E-state index in [9.17, 15) is 9.59 Å². The van der Waals surface area contributed by atoms with Crippen LogP contribution in [0.3, 0.4) is 0 Å². The number of oxazole rings is 1. The monoisotopic (exact) mass is 477 g/mol. The molecule has 1 saturated heterocycles. The van der Waals surface area contributed by atoms with Gasteiger partial charge in [0.05, 0.1) is 24.4 Å². The van der Waals surface area contributed by atoms with Crippen molar-refractivity contribution in [2.24, 2.45) is 5.92 Å². The van der Waals surface area contributed by atoms with E-state index in [0.717, 1.165) is 55.2 Å². The molecule has 0 saturated carbocycles. The number of carbonyl (C=O) groups excluding carboxylic acids is 2. The molecule has 0 spiro atoms. The molecule has 1 fully saturated rings. The van der Waals surface area contributed by atoms with E-state index in [1.165, 1.54) is 0 Å². The second-order valence-corrected chi connectivity index (χ2v) is 9.58. The standard InChI is InChI=1S/C28H35N3O4/c1-4-22(32)12-7-5-6-11-20(15-25(33)21-17-31(2)18-21)27-29-16-26(35-27)23-14-19-10-8-9-13-24(19)30-28(23)34-3/h8-10,13-14,16,20-21H,4-7,11-12,15,17-18H2,1-3H3/t20-/m1/s1. The molecule has 1 aliphatic heterocycles. The van der Waals surface area contributed by atoms with Gasteiger partial charge in [-0.05, 0) is 32.0 Å². The van der Waals surface area contributed by atoms with Gasteiger partial charge in [0.15, 0.2) is 11.7 Å². The van der Waals surface area contributed by atoms with Crippen molar-refractivity contribution in [1.82, 2.24) is 14.9 Å². The van der Waals surface area contributed by atoms with Gasteiger partial charge in [0, 0.05) is 49.6 Å². The third-order valence-electron chi connectivity index (χ3n) is 6.89. The van der Waals surface area contributed by atoms with Crippen LogP contribution in [0.25, 0.3) is 22.2 Å². The average Bonchev–Trinajstić information content (AvgIpc) is 3.34. The van der Waals surface area contributed by atoms with Gasteiger partial charge in [-0.3, -0.25) is 9.59 Å². The fourth-order valence-electron chi connectivity index (χ4n) is 4.72. The summed E-state index contributed by atoms with van der Waals surface area (Å²) in [5.41, 5.74) is 1.59. The van der Waals surface area contributed by atoms with E-state index in [1.807, 2.05) is 44.3 Å². The quantitative estimate of drug-likeness (QED) is 0.303. The molecular weight excluding hydrogens is 442 g/mol. The van der Waals surface area contributed by atoms with Gasteiger partial charge in [-0.2, -0.15) is 0 Å². The number of carbonyl (C=O) groups is 2. The molecule has 7 nitrogen and oxygen atoms in total. The van der Waals surface area contributed by atoms with Crippen LogP contribution in [0, 0.1) is 5.92 Å². The number of nitrogens with zero attached hydrogens (tertiary/aromatic N) is 3. The Morgan fingerprint density at radius 3 is 2.74 bits per heavy atom. The Labute approximate surface area is 206 Å². The molecule has 2 aromatic heterocycles. The summed E-state index contributed by atoms with van der Waals surface area (Å²) in [5.74, 6) is 2.26. The number of para-hydroxylation sites is 1. The lowest BCUT2D eigenvalue weighted by Crippen LogP contribution is -2.48. The number of hydrogen-bond acceptors (Lipinski definition) is 7. The van der Waals surface area contributed by atoms with Crippen molar-refractivity contribution in [2.75, 3.05) is 27.2 Å². The highest BCUT2D eigenvalue weighted by atomic mass is 16.5. The first-order valence-corrected chi connectivity index (χ1v) is 12.6. The maximum atomic E-state index is 12.9. The van der Waals surface area contributed by atoms with Crippen LogP contribution in [0.4, 0.5) is 0 Å². The van der Waals surface area contributed by atoms with Crippen molar-refractivity contribution in [1.29, 1.82) is 0 Å². The molecule has 0 aliphatic carbocycles. The number of hydrogen-bond donors (Lipinski definition) is 0. The van der Waals surface area contributed by atoms with Crippen LogP contribution in [-0.2, 0) is 9.59 Å². The third-order valence-corrected chi connectivity index (χ3v) is 6.89. The number of methoxy groups -OCH3 is 1. The summed E-state index contributed by atoms with van der Waals surface area (Å²) >= 11 is 0. The van der Waals surface area contributed by atoms with Crippen molar-refractivity contribution in [3.63, 3.8) is 0 Å². The minimum absolute atomic E-state index is 0.0801. The van der Waals surface area contributed by atoms with Crippen molar-refractivity contribution >= 4 is 22.5 Å². The molecule has 186 valence electrons. The first-order valence-electron chi connectivity index (χ1n) is 12.6. The first kappa shape index (κ1) is 25.0. The predicted molar refractivity (Wildman–Crippen MR) is 136 cm³/mol. The number of likely N-dealkylation sites (tertiary alicyclic amines) is 1. The van der Waals surface area contributed by atoms with Crippen LogP contribution in [0.15, 0.2) is 40.9 Å². The molecule has 4 rings (SSSR count). The molecule has 7 heteroatoms. The normalized spacial score (nSPS) is 15.2. The van der Waals surface area contributed by atoms with Crippen LogP contribution in [0.2, 0.25) is 0 Å². The van der Waals surface area contributed by atoms with Crippen LogP contribution in [-0.4, -0.2) is 53.7 Å². The summed E-state index contributed by atoms with van der Waals surface area (Å²) in [6.45, 7) is 3.55. The summed E-state index contributed by atoms with van der Waals surface area (Å²) in [5, 5.41) is 0.990. The molecule has 35 heavy (non-hydrogen) atoms. The Bertz CT molecular complexity index is 1170. The largest absolute Gasteiger partial charge is 0.480 e. The average molecular weight is 478 g/mol. The predicted octanol–water partition coefficient (Wildman–Crippen LogP) is 5.43. The number of unbranched alkanes of at least 4 members (excludes halogenated alkanes) is 2. The third kappa shape index (κ3) is 6.14. The molecule has 0 radical (unpaired) electrons. The molecule has 1 aromatic carbocycles. The van der Waals surface area contributed by atoms with E-state index in [2.05, 4.69) is 14.9 Å². The highest BCUT2D eigenvalue weighted by molar-refractivity contribution is 5.85. The van der Waals surface area contributed by atoms with E-state index in [1.54, 1.807) is 13.3 Å². The Morgan fingerprint density at radius 1 is 1.20 bits per heavy atom. The summed E-state index contributed by atoms with van der Waals surface area (Å²) in [6.07, 6.45) is 6.94. The summed E-state index contributed by atoms with van der Waals surface area (Å²) < 4.78 is 11.8. The Hall–Kier alpha value is -3.06. The molecule has 0 N–H and O–H groups in total. The van der Waals surface area contributed by atoms with Gasteiger partial charge in [-0.15, -0.1) is 0 Å². The topological polar surface area (TPSA) is 85.5 Å². The molecule has 0 bridgehead atoms. The van der Waals surface area contributed by atoms with E-state index < -0.39 is 0 Å². The van der Waals surface area contributed by atoms with Crippen molar-refractivity contribution in [2.45, 2.75) is 57.8 Å². The number of rotatable bonds is 13. The van der Waals surface area contributed by atoms with Crippen molar-refractivity contribution in [3.8, 4) is 17.2 Å². The minimum Gasteiger partial charge on any atom is -0.480 e. The lowest BCUT2D eigenvalue weighted by molar-refractivity contribution is -0.128. The van der Waals surface area contributed by atoms with Gasteiger partial charge < -0.3 is 14.1 Å². The number of benzene rings is 1. The van der Waals surface area contributed by atoms with Crippen LogP contribution in [0.1, 0.15) is 63.7 Å². The van der Waals surface area contributed by atoms with E-state index in [-0.39, 0.29) is 17.6 Å². The number of pyridine rings is 1. The number of ketones is 2. The zero-order valence-corrected chi connectivity index (χ0v) is 21.0. The lowest BCUT2D eigenvalue weighted by Gasteiger charge is -2.35. The van der Waals surface area contributed by atoms with Crippen molar-refractivity contribution in [3.05, 3.63) is 42.4 Å². The zero-order valence-electron chi connectivity index (χ0n) is 21.0. The zero-order chi connectivity index (χ0) is 24.8. The molecule has 3 aromatic rings. The van der Waals surface area contributed by atoms with Gasteiger partial charge in [0.2, 0.25) is 5.88 Å². The molecule has 0 unspecified atom stereocenters. The van der Waals surface area contributed by atoms with Crippen LogP contribution in [0.5, 0.6) is 5.88 Å². The Morgan fingerprint density at radius 2 is 2.00 bits per heavy atom. The molecule has 0 amide bonds. The molecular formula is C28H35N3O4. The van der Waals surface area contributed by atoms with Gasteiger partial charge in [-0.1, -0.05) is 38.0 Å². The van der Waals surface area contributed by atoms with Gasteiger partial charge in [-0.25, -0.2) is 9.97 Å². The molecule has 3 heterocycles. The van der Waals surface area contributed by atoms with E-state index in [4.69, 9.17) is 9.15 Å². The Kier molecular flexibility index (Phi) is 8.29. The maximum Gasteiger partial charge on any atom is 0.224 e. The summed E-state index contributed by atoms with van der Waals surface area (Å²) in [6, 6.07) is 9.87. The van der Waals surface area contributed by atoms with Crippen LogP contribution < -0.4 is 4.74 Å². The van der Waals surface area contributed by atoms with Gasteiger partial charge in [0.25, 0.3) is 0 Å². The fraction of sp³-hybridized carbons (Fsp3) is 0.500. The van der Waals surface area contributed by atoms with E-state index in [0.29, 0.717) is 42.6 Å². The van der Waals surface area contributed by atoms with Crippen LogP contribution >= 0.6 is 0 Å². The number of aromatic nitrogens is 2. The second-order valence-electron chi connectivity index (χ2n) is 9.58. The number of ether oxygens (including phenoxy) is 1. The highest BCUT2D eigenvalue weighted by Crippen LogP contribution is 2.35. The number of Topliss-reactive ketones (excluding diaryl/α,β-unsaturated/α-hetero) is 2. The first-order chi connectivity index (χ1) is 17.0. The van der Waals surface area contributed by atoms with E-state index >= 15 is 0 Å². The smallest absolute Gasteiger partial charge is 0.224 e. The lowest BCUT2D eigenvalue weighted by atomic mass is 9.87. The molecule has 1 aliphatic rings. The minimum atomic E-state index is -0.0801. The highest BCUT2D eigenvalue weighted by Gasteiger charge is 2.32.